The van der Waals surface area contributed by atoms with E-state index in [2.05, 4.69) is 11.2 Å². The van der Waals surface area contributed by atoms with E-state index in [1.54, 1.807) is 0 Å². The van der Waals surface area contributed by atoms with E-state index in [0.717, 1.165) is 36.1 Å². The molecule has 3 rings (SSSR count). The average Bonchev–Trinajstić information content (AvgIpc) is 2.76. The summed E-state index contributed by atoms with van der Waals surface area (Å²) in [6.45, 7) is 2.03. The molecule has 0 spiro atoms. The number of aromatic nitrogens is 2. The maximum atomic E-state index is 9.90. The molecule has 0 fully saturated rings. The third-order valence-electron chi connectivity index (χ3n) is 3.39. The standard InChI is InChI=1S/C14H16N2O/c1-10-8-15-16(9-10)12-5-6-13-11(7-12)3-2-4-14(13)17/h5-9,14,17H,2-4H2,1H3. The molecule has 1 aromatic carbocycles. The first-order valence-electron chi connectivity index (χ1n) is 6.06. The van der Waals surface area contributed by atoms with E-state index in [-0.39, 0.29) is 6.10 Å². The van der Waals surface area contributed by atoms with E-state index in [0.29, 0.717) is 0 Å². The first-order chi connectivity index (χ1) is 8.24. The predicted molar refractivity (Wildman–Crippen MR) is 66.2 cm³/mol. The van der Waals surface area contributed by atoms with Crippen LogP contribution in [-0.2, 0) is 6.42 Å². The van der Waals surface area contributed by atoms with Crippen LogP contribution in [0.4, 0.5) is 0 Å². The van der Waals surface area contributed by atoms with Gasteiger partial charge in [-0.3, -0.25) is 0 Å². The van der Waals surface area contributed by atoms with Crippen LogP contribution in [0.15, 0.2) is 30.6 Å². The van der Waals surface area contributed by atoms with E-state index >= 15 is 0 Å². The molecular weight excluding hydrogens is 212 g/mol. The summed E-state index contributed by atoms with van der Waals surface area (Å²) in [4.78, 5) is 0. The highest BCUT2D eigenvalue weighted by Crippen LogP contribution is 2.30. The highest BCUT2D eigenvalue weighted by molar-refractivity contribution is 5.42. The Labute approximate surface area is 101 Å². The number of hydrogen-bond donors (Lipinski definition) is 1. The van der Waals surface area contributed by atoms with Crippen LogP contribution in [0.1, 0.15) is 35.6 Å². The molecule has 2 aromatic rings. The largest absolute Gasteiger partial charge is 0.388 e. The van der Waals surface area contributed by atoms with Gasteiger partial charge in [-0.2, -0.15) is 5.10 Å². The molecule has 1 atom stereocenters. The summed E-state index contributed by atoms with van der Waals surface area (Å²) >= 11 is 0. The molecule has 1 unspecified atom stereocenters. The lowest BCUT2D eigenvalue weighted by Gasteiger charge is -2.21. The Morgan fingerprint density at radius 2 is 2.29 bits per heavy atom. The Hall–Kier alpha value is -1.61. The smallest absolute Gasteiger partial charge is 0.0792 e. The minimum Gasteiger partial charge on any atom is -0.388 e. The molecule has 1 heterocycles. The molecular formula is C14H16N2O. The van der Waals surface area contributed by atoms with Crippen LogP contribution < -0.4 is 0 Å². The maximum Gasteiger partial charge on any atom is 0.0792 e. The van der Waals surface area contributed by atoms with Gasteiger partial charge in [-0.05, 0) is 55.0 Å². The molecule has 0 aliphatic heterocycles. The third kappa shape index (κ3) is 1.87. The SMILES string of the molecule is Cc1cnn(-c2ccc3c(c2)CCCC3O)c1. The van der Waals surface area contributed by atoms with E-state index in [4.69, 9.17) is 0 Å². The topological polar surface area (TPSA) is 38.0 Å². The lowest BCUT2D eigenvalue weighted by Crippen LogP contribution is -2.10. The molecule has 0 amide bonds. The molecule has 0 saturated carbocycles. The van der Waals surface area contributed by atoms with Gasteiger partial charge in [0.15, 0.2) is 0 Å². The molecule has 0 saturated heterocycles. The van der Waals surface area contributed by atoms with Gasteiger partial charge in [-0.15, -0.1) is 0 Å². The van der Waals surface area contributed by atoms with Crippen molar-refractivity contribution in [3.05, 3.63) is 47.3 Å². The summed E-state index contributed by atoms with van der Waals surface area (Å²) in [7, 11) is 0. The van der Waals surface area contributed by atoms with E-state index < -0.39 is 0 Å². The number of aryl methyl sites for hydroxylation is 2. The van der Waals surface area contributed by atoms with Gasteiger partial charge in [0.1, 0.15) is 0 Å². The number of hydrogen-bond acceptors (Lipinski definition) is 2. The molecule has 1 aromatic heterocycles. The van der Waals surface area contributed by atoms with Crippen LogP contribution in [0.2, 0.25) is 0 Å². The fourth-order valence-corrected chi connectivity index (χ4v) is 2.47. The highest BCUT2D eigenvalue weighted by atomic mass is 16.3. The fraction of sp³-hybridized carbons (Fsp3) is 0.357. The summed E-state index contributed by atoms with van der Waals surface area (Å²) in [5.41, 5.74) is 4.58. The van der Waals surface area contributed by atoms with Crippen LogP contribution in [0.25, 0.3) is 5.69 Å². The Bertz CT molecular complexity index is 545. The maximum absolute atomic E-state index is 9.90. The Morgan fingerprint density at radius 1 is 1.41 bits per heavy atom. The van der Waals surface area contributed by atoms with Crippen molar-refractivity contribution in [1.82, 2.24) is 9.78 Å². The summed E-state index contributed by atoms with van der Waals surface area (Å²) in [6, 6.07) is 6.20. The third-order valence-corrected chi connectivity index (χ3v) is 3.39. The lowest BCUT2D eigenvalue weighted by molar-refractivity contribution is 0.156. The minimum absolute atomic E-state index is 0.285. The second-order valence-corrected chi connectivity index (χ2v) is 4.75. The average molecular weight is 228 g/mol. The Kier molecular flexibility index (Phi) is 2.48. The molecule has 3 heteroatoms. The zero-order valence-electron chi connectivity index (χ0n) is 9.93. The van der Waals surface area contributed by atoms with Crippen molar-refractivity contribution in [3.8, 4) is 5.69 Å². The predicted octanol–water partition coefficient (Wildman–Crippen LogP) is 2.55. The highest BCUT2D eigenvalue weighted by Gasteiger charge is 2.18. The van der Waals surface area contributed by atoms with Crippen LogP contribution >= 0.6 is 0 Å². The first kappa shape index (κ1) is 10.5. The molecule has 88 valence electrons. The van der Waals surface area contributed by atoms with Gasteiger partial charge in [-0.25, -0.2) is 4.68 Å². The zero-order chi connectivity index (χ0) is 11.8. The lowest BCUT2D eigenvalue weighted by atomic mass is 9.89. The van der Waals surface area contributed by atoms with Gasteiger partial charge in [0, 0.05) is 6.20 Å². The van der Waals surface area contributed by atoms with Crippen LogP contribution in [0, 0.1) is 6.92 Å². The van der Waals surface area contributed by atoms with Gasteiger partial charge in [-0.1, -0.05) is 6.07 Å². The van der Waals surface area contributed by atoms with Crippen molar-refractivity contribution in [1.29, 1.82) is 0 Å². The Morgan fingerprint density at radius 3 is 3.06 bits per heavy atom. The number of rotatable bonds is 1. The van der Waals surface area contributed by atoms with Crippen molar-refractivity contribution in [2.75, 3.05) is 0 Å². The van der Waals surface area contributed by atoms with Crippen molar-refractivity contribution >= 4 is 0 Å². The molecule has 0 radical (unpaired) electrons. The first-order valence-corrected chi connectivity index (χ1v) is 6.06. The van der Waals surface area contributed by atoms with Crippen LogP contribution in [-0.4, -0.2) is 14.9 Å². The second-order valence-electron chi connectivity index (χ2n) is 4.75. The summed E-state index contributed by atoms with van der Waals surface area (Å²) in [6.07, 6.45) is 6.59. The van der Waals surface area contributed by atoms with Gasteiger partial charge in [0.05, 0.1) is 18.0 Å². The minimum atomic E-state index is -0.285. The number of fused-ring (bicyclic) bond motifs is 1. The van der Waals surface area contributed by atoms with Gasteiger partial charge < -0.3 is 5.11 Å². The van der Waals surface area contributed by atoms with Crippen molar-refractivity contribution < 1.29 is 5.11 Å². The molecule has 3 nitrogen and oxygen atoms in total. The number of benzene rings is 1. The zero-order valence-corrected chi connectivity index (χ0v) is 9.93. The monoisotopic (exact) mass is 228 g/mol. The molecule has 0 bridgehead atoms. The normalized spacial score (nSPS) is 19.1. The van der Waals surface area contributed by atoms with Crippen molar-refractivity contribution in [2.45, 2.75) is 32.3 Å². The summed E-state index contributed by atoms with van der Waals surface area (Å²) in [5, 5.41) is 14.2. The van der Waals surface area contributed by atoms with E-state index in [1.165, 1.54) is 5.56 Å². The molecule has 1 N–H and O–H groups in total. The molecule has 1 aliphatic carbocycles. The Balaban J connectivity index is 2.03. The van der Waals surface area contributed by atoms with Crippen LogP contribution in [0.3, 0.4) is 0 Å². The van der Waals surface area contributed by atoms with Gasteiger partial charge in [0.2, 0.25) is 0 Å². The van der Waals surface area contributed by atoms with E-state index in [1.807, 2.05) is 36.1 Å². The number of aliphatic hydroxyl groups excluding tert-OH is 1. The van der Waals surface area contributed by atoms with Gasteiger partial charge >= 0.3 is 0 Å². The fourth-order valence-electron chi connectivity index (χ4n) is 2.47. The van der Waals surface area contributed by atoms with Crippen molar-refractivity contribution in [2.24, 2.45) is 0 Å². The number of aliphatic hydroxyl groups is 1. The number of nitrogens with zero attached hydrogens (tertiary/aromatic N) is 2. The van der Waals surface area contributed by atoms with Gasteiger partial charge in [0.25, 0.3) is 0 Å². The second kappa shape index (κ2) is 4.00. The van der Waals surface area contributed by atoms with Crippen LogP contribution in [0.5, 0.6) is 0 Å². The summed E-state index contributed by atoms with van der Waals surface area (Å²) < 4.78 is 1.89. The molecule has 1 aliphatic rings. The molecule has 17 heavy (non-hydrogen) atoms. The summed E-state index contributed by atoms with van der Waals surface area (Å²) in [5.74, 6) is 0. The van der Waals surface area contributed by atoms with E-state index in [9.17, 15) is 5.11 Å². The quantitative estimate of drug-likeness (QED) is 0.814. The van der Waals surface area contributed by atoms with Crippen molar-refractivity contribution in [3.63, 3.8) is 0 Å².